The van der Waals surface area contributed by atoms with Crippen LogP contribution in [0.2, 0.25) is 0 Å². The van der Waals surface area contributed by atoms with E-state index in [2.05, 4.69) is 33.4 Å². The molecule has 0 amide bonds. The number of nitrogens with one attached hydrogen (secondary N) is 1. The first kappa shape index (κ1) is 13.9. The topological polar surface area (TPSA) is 32.3 Å². The molecule has 0 heterocycles. The van der Waals surface area contributed by atoms with Gasteiger partial charge in [-0.05, 0) is 42.5 Å². The maximum absolute atomic E-state index is 12.2. The number of aryl methyl sites for hydroxylation is 1. The standard InChI is InChI=1S/C13H16BrF2NO/c14-10-3-1-9-6-11(4-2-8(9)5-10)17-7-12(18)13(15)16/h1,3,5,11-13,17-18H,2,4,6-7H2. The Morgan fingerprint density at radius 2 is 2.17 bits per heavy atom. The molecule has 0 fully saturated rings. The molecule has 5 heteroatoms. The summed E-state index contributed by atoms with van der Waals surface area (Å²) in [5, 5.41) is 12.1. The normalized spacial score (nSPS) is 20.8. The first-order valence-electron chi connectivity index (χ1n) is 6.03. The van der Waals surface area contributed by atoms with E-state index in [9.17, 15) is 8.78 Å². The highest BCUT2D eigenvalue weighted by Gasteiger charge is 2.21. The maximum Gasteiger partial charge on any atom is 0.265 e. The monoisotopic (exact) mass is 319 g/mol. The molecule has 0 aliphatic heterocycles. The van der Waals surface area contributed by atoms with Gasteiger partial charge >= 0.3 is 0 Å². The zero-order chi connectivity index (χ0) is 13.1. The molecule has 1 aromatic rings. The van der Waals surface area contributed by atoms with Crippen LogP contribution in [0.25, 0.3) is 0 Å². The molecule has 1 aliphatic carbocycles. The van der Waals surface area contributed by atoms with Crippen LogP contribution in [-0.4, -0.2) is 30.2 Å². The number of hydrogen-bond donors (Lipinski definition) is 2. The van der Waals surface area contributed by atoms with Gasteiger partial charge in [-0.2, -0.15) is 0 Å². The number of aliphatic hydroxyl groups is 1. The van der Waals surface area contributed by atoms with Gasteiger partial charge in [-0.1, -0.05) is 22.0 Å². The van der Waals surface area contributed by atoms with Crippen LogP contribution >= 0.6 is 15.9 Å². The minimum absolute atomic E-state index is 0.0474. The number of benzene rings is 1. The molecule has 18 heavy (non-hydrogen) atoms. The fraction of sp³-hybridized carbons (Fsp3) is 0.538. The van der Waals surface area contributed by atoms with Gasteiger partial charge in [-0.25, -0.2) is 8.78 Å². The molecular formula is C13H16BrF2NO. The van der Waals surface area contributed by atoms with Gasteiger partial charge in [0.15, 0.2) is 0 Å². The van der Waals surface area contributed by atoms with E-state index in [1.165, 1.54) is 11.1 Å². The minimum Gasteiger partial charge on any atom is -0.386 e. The Bertz CT molecular complexity index is 414. The van der Waals surface area contributed by atoms with Crippen molar-refractivity contribution in [3.8, 4) is 0 Å². The summed E-state index contributed by atoms with van der Waals surface area (Å²) < 4.78 is 25.4. The molecule has 100 valence electrons. The number of aliphatic hydroxyl groups excluding tert-OH is 1. The molecule has 2 unspecified atom stereocenters. The van der Waals surface area contributed by atoms with Crippen LogP contribution in [-0.2, 0) is 12.8 Å². The quantitative estimate of drug-likeness (QED) is 0.893. The summed E-state index contributed by atoms with van der Waals surface area (Å²) in [6.07, 6.45) is -1.56. The number of hydrogen-bond acceptors (Lipinski definition) is 2. The van der Waals surface area contributed by atoms with Crippen molar-refractivity contribution in [3.05, 3.63) is 33.8 Å². The molecule has 2 N–H and O–H groups in total. The van der Waals surface area contributed by atoms with Gasteiger partial charge in [0, 0.05) is 17.1 Å². The molecule has 0 radical (unpaired) electrons. The van der Waals surface area contributed by atoms with E-state index >= 15 is 0 Å². The molecule has 2 nitrogen and oxygen atoms in total. The van der Waals surface area contributed by atoms with Gasteiger partial charge < -0.3 is 10.4 Å². The van der Waals surface area contributed by atoms with E-state index in [-0.39, 0.29) is 12.6 Å². The summed E-state index contributed by atoms with van der Waals surface area (Å²) in [6, 6.07) is 6.35. The average molecular weight is 320 g/mol. The number of rotatable bonds is 4. The van der Waals surface area contributed by atoms with Crippen LogP contribution in [0.5, 0.6) is 0 Å². The molecule has 2 atom stereocenters. The number of alkyl halides is 2. The van der Waals surface area contributed by atoms with E-state index in [4.69, 9.17) is 5.11 Å². The highest BCUT2D eigenvalue weighted by molar-refractivity contribution is 9.10. The average Bonchev–Trinajstić information content (AvgIpc) is 2.35. The van der Waals surface area contributed by atoms with Gasteiger partial charge in [-0.15, -0.1) is 0 Å². The van der Waals surface area contributed by atoms with Gasteiger partial charge in [0.2, 0.25) is 0 Å². The van der Waals surface area contributed by atoms with Gasteiger partial charge in [-0.3, -0.25) is 0 Å². The Morgan fingerprint density at radius 3 is 2.89 bits per heavy atom. The van der Waals surface area contributed by atoms with Crippen LogP contribution in [0.4, 0.5) is 8.78 Å². The Hall–Kier alpha value is -0.520. The predicted molar refractivity (Wildman–Crippen MR) is 70.0 cm³/mol. The summed E-state index contributed by atoms with van der Waals surface area (Å²) in [4.78, 5) is 0. The first-order chi connectivity index (χ1) is 8.56. The molecule has 0 saturated carbocycles. The third-order valence-corrected chi connectivity index (χ3v) is 3.80. The smallest absolute Gasteiger partial charge is 0.265 e. The second-order valence-corrected chi connectivity index (χ2v) is 5.58. The van der Waals surface area contributed by atoms with E-state index in [1.807, 2.05) is 6.07 Å². The third-order valence-electron chi connectivity index (χ3n) is 3.30. The molecule has 2 rings (SSSR count). The molecular weight excluding hydrogens is 304 g/mol. The van der Waals surface area contributed by atoms with Crippen molar-refractivity contribution in [2.45, 2.75) is 37.8 Å². The Labute approximate surface area is 114 Å². The fourth-order valence-electron chi connectivity index (χ4n) is 2.27. The lowest BCUT2D eigenvalue weighted by Crippen LogP contribution is -2.41. The second kappa shape index (κ2) is 6.08. The lowest BCUT2D eigenvalue weighted by atomic mass is 9.88. The number of halogens is 3. The summed E-state index contributed by atoms with van der Waals surface area (Å²) >= 11 is 3.44. The Morgan fingerprint density at radius 1 is 1.39 bits per heavy atom. The van der Waals surface area contributed by atoms with Crippen LogP contribution in [0.1, 0.15) is 17.5 Å². The first-order valence-corrected chi connectivity index (χ1v) is 6.82. The van der Waals surface area contributed by atoms with Crippen molar-refractivity contribution >= 4 is 15.9 Å². The largest absolute Gasteiger partial charge is 0.386 e. The van der Waals surface area contributed by atoms with Crippen molar-refractivity contribution < 1.29 is 13.9 Å². The van der Waals surface area contributed by atoms with Crippen molar-refractivity contribution in [2.24, 2.45) is 0 Å². The molecule has 1 aliphatic rings. The van der Waals surface area contributed by atoms with Crippen molar-refractivity contribution in [1.29, 1.82) is 0 Å². The van der Waals surface area contributed by atoms with Crippen LogP contribution in [0, 0.1) is 0 Å². The maximum atomic E-state index is 12.2. The van der Waals surface area contributed by atoms with E-state index < -0.39 is 12.5 Å². The third kappa shape index (κ3) is 3.49. The van der Waals surface area contributed by atoms with Crippen molar-refractivity contribution in [3.63, 3.8) is 0 Å². The molecule has 1 aromatic carbocycles. The lowest BCUT2D eigenvalue weighted by Gasteiger charge is -2.26. The molecule has 0 bridgehead atoms. The van der Waals surface area contributed by atoms with Crippen molar-refractivity contribution in [1.82, 2.24) is 5.32 Å². The van der Waals surface area contributed by atoms with Gasteiger partial charge in [0.1, 0.15) is 6.10 Å². The molecule has 0 saturated heterocycles. The van der Waals surface area contributed by atoms with E-state index in [0.29, 0.717) is 0 Å². The van der Waals surface area contributed by atoms with Crippen LogP contribution < -0.4 is 5.32 Å². The highest BCUT2D eigenvalue weighted by atomic mass is 79.9. The summed E-state index contributed by atoms with van der Waals surface area (Å²) in [5.41, 5.74) is 2.57. The van der Waals surface area contributed by atoms with Gasteiger partial charge in [0.25, 0.3) is 6.43 Å². The van der Waals surface area contributed by atoms with Crippen molar-refractivity contribution in [2.75, 3.05) is 6.54 Å². The van der Waals surface area contributed by atoms with E-state index in [0.717, 1.165) is 23.7 Å². The molecule has 0 aromatic heterocycles. The zero-order valence-electron chi connectivity index (χ0n) is 9.87. The SMILES string of the molecule is OC(CNC1CCc2cc(Br)ccc2C1)C(F)F. The summed E-state index contributed by atoms with van der Waals surface area (Å²) in [5.74, 6) is 0. The van der Waals surface area contributed by atoms with E-state index in [1.54, 1.807) is 0 Å². The molecule has 0 spiro atoms. The Balaban J connectivity index is 1.90. The van der Waals surface area contributed by atoms with Gasteiger partial charge in [0.05, 0.1) is 0 Å². The second-order valence-electron chi connectivity index (χ2n) is 4.66. The van der Waals surface area contributed by atoms with Crippen LogP contribution in [0.3, 0.4) is 0 Å². The summed E-state index contributed by atoms with van der Waals surface area (Å²) in [7, 11) is 0. The van der Waals surface area contributed by atoms with Crippen LogP contribution in [0.15, 0.2) is 22.7 Å². The predicted octanol–water partition coefficient (Wildman–Crippen LogP) is 2.52. The zero-order valence-corrected chi connectivity index (χ0v) is 11.5. The minimum atomic E-state index is -2.68. The summed E-state index contributed by atoms with van der Waals surface area (Å²) in [6.45, 7) is -0.0474. The lowest BCUT2D eigenvalue weighted by molar-refractivity contribution is -0.00480. The number of fused-ring (bicyclic) bond motifs is 1. The Kier molecular flexibility index (Phi) is 4.70. The highest BCUT2D eigenvalue weighted by Crippen LogP contribution is 2.24. The fourth-order valence-corrected chi connectivity index (χ4v) is 2.68.